The lowest BCUT2D eigenvalue weighted by molar-refractivity contribution is 0.324. The van der Waals surface area contributed by atoms with Crippen molar-refractivity contribution < 1.29 is 14.2 Å². The summed E-state index contributed by atoms with van der Waals surface area (Å²) in [5.74, 6) is 2.42. The summed E-state index contributed by atoms with van der Waals surface area (Å²) in [5.41, 5.74) is 2.54. The zero-order valence-electron chi connectivity index (χ0n) is 15.2. The molecule has 0 saturated heterocycles. The summed E-state index contributed by atoms with van der Waals surface area (Å²) in [6.07, 6.45) is 5.51. The molecule has 2 aromatic carbocycles. The van der Waals surface area contributed by atoms with Gasteiger partial charge in [0.05, 0.1) is 26.8 Å². The van der Waals surface area contributed by atoms with Gasteiger partial charge < -0.3 is 14.2 Å². The molecular formula is C20H18N4O3. The molecule has 0 radical (unpaired) electrons. The van der Waals surface area contributed by atoms with Gasteiger partial charge in [0.15, 0.2) is 23.0 Å². The van der Waals surface area contributed by atoms with Gasteiger partial charge in [-0.2, -0.15) is 0 Å². The molecule has 0 N–H and O–H groups in total. The molecular weight excluding hydrogens is 344 g/mol. The Morgan fingerprint density at radius 3 is 2.33 bits per heavy atom. The van der Waals surface area contributed by atoms with Crippen molar-refractivity contribution in [3.63, 3.8) is 0 Å². The van der Waals surface area contributed by atoms with Crippen LogP contribution in [0.2, 0.25) is 0 Å². The third-order valence-corrected chi connectivity index (χ3v) is 4.29. The standard InChI is InChI=1S/C20H18N4O3/c1-25-16-10-13(11-17(26-2)19(16)27-3)8-9-18-22-23-20-14-6-4-5-7-15(14)21-12-24(18)20/h4-12H,1-3H3. The second kappa shape index (κ2) is 6.95. The van der Waals surface area contributed by atoms with Gasteiger partial charge in [-0.05, 0) is 35.9 Å². The van der Waals surface area contributed by atoms with Gasteiger partial charge in [0.1, 0.15) is 6.33 Å². The molecule has 4 aromatic rings. The zero-order valence-corrected chi connectivity index (χ0v) is 15.2. The lowest BCUT2D eigenvalue weighted by Gasteiger charge is -2.12. The predicted molar refractivity (Wildman–Crippen MR) is 103 cm³/mol. The maximum absolute atomic E-state index is 5.39. The number of methoxy groups -OCH3 is 3. The smallest absolute Gasteiger partial charge is 0.203 e. The van der Waals surface area contributed by atoms with E-state index in [1.165, 1.54) is 0 Å². The molecule has 4 rings (SSSR count). The van der Waals surface area contributed by atoms with Gasteiger partial charge in [0, 0.05) is 5.39 Å². The Balaban J connectivity index is 1.76. The van der Waals surface area contributed by atoms with E-state index in [4.69, 9.17) is 14.2 Å². The fraction of sp³-hybridized carbons (Fsp3) is 0.150. The molecule has 2 aromatic heterocycles. The van der Waals surface area contributed by atoms with Crippen LogP contribution in [0.1, 0.15) is 11.4 Å². The van der Waals surface area contributed by atoms with Crippen molar-refractivity contribution >= 4 is 28.7 Å². The number of hydrogen-bond donors (Lipinski definition) is 0. The Labute approximate surface area is 155 Å². The highest BCUT2D eigenvalue weighted by molar-refractivity contribution is 5.91. The molecule has 0 aliphatic rings. The van der Waals surface area contributed by atoms with Crippen LogP contribution in [0.15, 0.2) is 42.7 Å². The minimum Gasteiger partial charge on any atom is -0.493 e. The molecule has 0 spiro atoms. The molecule has 0 aliphatic carbocycles. The number of ether oxygens (including phenoxy) is 3. The molecule has 0 amide bonds. The van der Waals surface area contributed by atoms with Crippen LogP contribution in [-0.4, -0.2) is 40.9 Å². The number of fused-ring (bicyclic) bond motifs is 3. The summed E-state index contributed by atoms with van der Waals surface area (Å²) < 4.78 is 18.0. The largest absolute Gasteiger partial charge is 0.493 e. The second-order valence-electron chi connectivity index (χ2n) is 5.81. The summed E-state index contributed by atoms with van der Waals surface area (Å²) in [7, 11) is 4.76. The monoisotopic (exact) mass is 362 g/mol. The number of hydrogen-bond acceptors (Lipinski definition) is 6. The fourth-order valence-electron chi connectivity index (χ4n) is 2.98. The highest BCUT2D eigenvalue weighted by Gasteiger charge is 2.12. The third kappa shape index (κ3) is 2.93. The minimum atomic E-state index is 0.556. The van der Waals surface area contributed by atoms with E-state index in [2.05, 4.69) is 15.2 Å². The molecule has 7 heteroatoms. The van der Waals surface area contributed by atoms with Gasteiger partial charge in [0.2, 0.25) is 5.75 Å². The Morgan fingerprint density at radius 2 is 1.63 bits per heavy atom. The fourth-order valence-corrected chi connectivity index (χ4v) is 2.98. The molecule has 27 heavy (non-hydrogen) atoms. The van der Waals surface area contributed by atoms with E-state index in [0.717, 1.165) is 22.1 Å². The first-order valence-corrected chi connectivity index (χ1v) is 8.31. The van der Waals surface area contributed by atoms with E-state index >= 15 is 0 Å². The van der Waals surface area contributed by atoms with Crippen LogP contribution in [0.25, 0.3) is 28.7 Å². The average molecular weight is 362 g/mol. The summed E-state index contributed by atoms with van der Waals surface area (Å²) >= 11 is 0. The van der Waals surface area contributed by atoms with E-state index < -0.39 is 0 Å². The summed E-state index contributed by atoms with van der Waals surface area (Å²) in [6, 6.07) is 11.6. The first-order valence-electron chi connectivity index (χ1n) is 8.31. The van der Waals surface area contributed by atoms with Crippen molar-refractivity contribution in [3.8, 4) is 17.2 Å². The van der Waals surface area contributed by atoms with Crippen LogP contribution in [0.3, 0.4) is 0 Å². The number of aromatic nitrogens is 4. The topological polar surface area (TPSA) is 70.8 Å². The summed E-state index contributed by atoms with van der Waals surface area (Å²) in [5, 5.41) is 9.54. The lowest BCUT2D eigenvalue weighted by atomic mass is 10.1. The van der Waals surface area contributed by atoms with Crippen molar-refractivity contribution in [2.24, 2.45) is 0 Å². The van der Waals surface area contributed by atoms with Gasteiger partial charge >= 0.3 is 0 Å². The minimum absolute atomic E-state index is 0.556. The maximum atomic E-state index is 5.39. The van der Waals surface area contributed by atoms with Crippen molar-refractivity contribution in [3.05, 3.63) is 54.1 Å². The highest BCUT2D eigenvalue weighted by Crippen LogP contribution is 2.38. The van der Waals surface area contributed by atoms with Crippen LogP contribution >= 0.6 is 0 Å². The van der Waals surface area contributed by atoms with Crippen LogP contribution in [0.5, 0.6) is 17.2 Å². The molecule has 0 unspecified atom stereocenters. The van der Waals surface area contributed by atoms with Crippen LogP contribution in [0, 0.1) is 0 Å². The number of benzene rings is 2. The molecule has 0 fully saturated rings. The highest BCUT2D eigenvalue weighted by atomic mass is 16.5. The Bertz CT molecular complexity index is 1130. The first kappa shape index (κ1) is 16.8. The molecule has 0 saturated carbocycles. The Hall–Kier alpha value is -3.61. The van der Waals surface area contributed by atoms with Crippen LogP contribution < -0.4 is 14.2 Å². The average Bonchev–Trinajstić information content (AvgIpc) is 3.14. The number of para-hydroxylation sites is 1. The summed E-state index contributed by atoms with van der Waals surface area (Å²) in [6.45, 7) is 0. The maximum Gasteiger partial charge on any atom is 0.203 e. The van der Waals surface area contributed by atoms with Gasteiger partial charge in [-0.15, -0.1) is 10.2 Å². The Kier molecular flexibility index (Phi) is 4.33. The first-order chi connectivity index (χ1) is 13.2. The number of rotatable bonds is 5. The molecule has 7 nitrogen and oxygen atoms in total. The van der Waals surface area contributed by atoms with E-state index in [1.54, 1.807) is 27.7 Å². The van der Waals surface area contributed by atoms with E-state index in [1.807, 2.05) is 53.0 Å². The van der Waals surface area contributed by atoms with Gasteiger partial charge in [0.25, 0.3) is 0 Å². The van der Waals surface area contributed by atoms with Crippen LogP contribution in [-0.2, 0) is 0 Å². The second-order valence-corrected chi connectivity index (χ2v) is 5.81. The van der Waals surface area contributed by atoms with Crippen molar-refractivity contribution in [2.75, 3.05) is 21.3 Å². The molecule has 136 valence electrons. The lowest BCUT2D eigenvalue weighted by Crippen LogP contribution is -1.95. The van der Waals surface area contributed by atoms with E-state index in [-0.39, 0.29) is 0 Å². The van der Waals surface area contributed by atoms with Gasteiger partial charge in [-0.25, -0.2) is 4.98 Å². The van der Waals surface area contributed by atoms with Gasteiger partial charge in [-0.1, -0.05) is 18.2 Å². The third-order valence-electron chi connectivity index (χ3n) is 4.29. The zero-order chi connectivity index (χ0) is 18.8. The van der Waals surface area contributed by atoms with E-state index in [9.17, 15) is 0 Å². The molecule has 0 atom stereocenters. The quantitative estimate of drug-likeness (QED) is 0.541. The predicted octanol–water partition coefficient (Wildman–Crippen LogP) is 3.47. The van der Waals surface area contributed by atoms with Crippen LogP contribution in [0.4, 0.5) is 0 Å². The summed E-state index contributed by atoms with van der Waals surface area (Å²) in [4.78, 5) is 4.47. The van der Waals surface area contributed by atoms with Crippen molar-refractivity contribution in [2.45, 2.75) is 0 Å². The molecule has 2 heterocycles. The normalized spacial score (nSPS) is 11.4. The van der Waals surface area contributed by atoms with Gasteiger partial charge in [-0.3, -0.25) is 4.40 Å². The number of nitrogens with zero attached hydrogens (tertiary/aromatic N) is 4. The molecule has 0 bridgehead atoms. The van der Waals surface area contributed by atoms with E-state index in [0.29, 0.717) is 23.1 Å². The van der Waals surface area contributed by atoms with Crippen molar-refractivity contribution in [1.29, 1.82) is 0 Å². The molecule has 0 aliphatic heterocycles. The SMILES string of the molecule is COc1cc(C=Cc2nnc3c4ccccc4ncn23)cc(OC)c1OC. The Morgan fingerprint density at radius 1 is 0.889 bits per heavy atom. The van der Waals surface area contributed by atoms with Crippen molar-refractivity contribution in [1.82, 2.24) is 19.6 Å².